The SMILES string of the molecule is [B]N(Cc1cccc(Oc2cccnc2)c1)Cc1nc(-c2ccc3ncnn3c2)c(-c2cccc(C)n2)[nH]1. The Morgan fingerprint density at radius 2 is 1.87 bits per heavy atom. The van der Waals surface area contributed by atoms with Crippen LogP contribution in [0.1, 0.15) is 17.1 Å². The van der Waals surface area contributed by atoms with Crippen LogP contribution in [-0.4, -0.2) is 47.3 Å². The maximum absolute atomic E-state index is 6.45. The van der Waals surface area contributed by atoms with Crippen LogP contribution in [0.2, 0.25) is 0 Å². The number of pyridine rings is 3. The van der Waals surface area contributed by atoms with Gasteiger partial charge in [0.25, 0.3) is 0 Å². The predicted octanol–water partition coefficient (Wildman–Crippen LogP) is 4.76. The minimum Gasteiger partial charge on any atom is -0.456 e. The molecular formula is C28H23BN8O. The van der Waals surface area contributed by atoms with Crippen molar-refractivity contribution in [1.29, 1.82) is 0 Å². The first-order valence-electron chi connectivity index (χ1n) is 12.1. The van der Waals surface area contributed by atoms with Gasteiger partial charge in [0.15, 0.2) is 13.6 Å². The Balaban J connectivity index is 1.25. The van der Waals surface area contributed by atoms with Crippen LogP contribution < -0.4 is 4.74 Å². The van der Waals surface area contributed by atoms with E-state index in [1.807, 2.05) is 79.9 Å². The van der Waals surface area contributed by atoms with Crippen LogP contribution in [0.15, 0.2) is 91.6 Å². The molecule has 0 aliphatic rings. The molecule has 0 bridgehead atoms. The fourth-order valence-electron chi connectivity index (χ4n) is 4.26. The second kappa shape index (κ2) is 10.3. The van der Waals surface area contributed by atoms with Gasteiger partial charge >= 0.3 is 0 Å². The first kappa shape index (κ1) is 23.6. The minimum absolute atomic E-state index is 0.401. The van der Waals surface area contributed by atoms with Crippen LogP contribution in [0.4, 0.5) is 0 Å². The van der Waals surface area contributed by atoms with E-state index in [0.717, 1.165) is 51.1 Å². The highest BCUT2D eigenvalue weighted by Gasteiger charge is 2.17. The van der Waals surface area contributed by atoms with Gasteiger partial charge in [-0.15, -0.1) is 0 Å². The number of imidazole rings is 1. The van der Waals surface area contributed by atoms with E-state index in [4.69, 9.17) is 22.7 Å². The molecule has 6 rings (SSSR count). The summed E-state index contributed by atoms with van der Waals surface area (Å²) < 4.78 is 7.64. The summed E-state index contributed by atoms with van der Waals surface area (Å²) >= 11 is 0. The number of aryl methyl sites for hydroxylation is 1. The van der Waals surface area contributed by atoms with E-state index in [1.54, 1.807) is 21.7 Å². The number of hydrogen-bond acceptors (Lipinski definition) is 7. The van der Waals surface area contributed by atoms with Crippen molar-refractivity contribution in [2.24, 2.45) is 0 Å². The molecule has 6 aromatic rings. The molecule has 1 N–H and O–H groups in total. The largest absolute Gasteiger partial charge is 0.456 e. The van der Waals surface area contributed by atoms with Crippen LogP contribution in [0.25, 0.3) is 28.3 Å². The highest BCUT2D eigenvalue weighted by molar-refractivity contribution is 6.04. The third kappa shape index (κ3) is 5.16. The fraction of sp³-hybridized carbons (Fsp3) is 0.107. The molecule has 1 aromatic carbocycles. The van der Waals surface area contributed by atoms with E-state index >= 15 is 0 Å². The Labute approximate surface area is 220 Å². The zero-order chi connectivity index (χ0) is 25.9. The normalized spacial score (nSPS) is 11.3. The van der Waals surface area contributed by atoms with Gasteiger partial charge in [0.05, 0.1) is 23.3 Å². The zero-order valence-corrected chi connectivity index (χ0v) is 20.7. The number of nitrogens with one attached hydrogen (secondary N) is 1. The minimum atomic E-state index is 0.401. The number of H-pyrrole nitrogens is 1. The van der Waals surface area contributed by atoms with Gasteiger partial charge in [0.1, 0.15) is 23.7 Å². The Hall–Kier alpha value is -4.83. The van der Waals surface area contributed by atoms with E-state index in [-0.39, 0.29) is 0 Å². The molecule has 0 saturated heterocycles. The van der Waals surface area contributed by atoms with Crippen LogP contribution in [0.5, 0.6) is 11.5 Å². The number of ether oxygens (including phenoxy) is 1. The lowest BCUT2D eigenvalue weighted by atomic mass is 10.1. The quantitative estimate of drug-likeness (QED) is 0.302. The lowest BCUT2D eigenvalue weighted by Crippen LogP contribution is -2.19. The van der Waals surface area contributed by atoms with E-state index in [1.165, 1.54) is 6.33 Å². The van der Waals surface area contributed by atoms with Crippen molar-refractivity contribution < 1.29 is 4.74 Å². The maximum atomic E-state index is 6.45. The van der Waals surface area contributed by atoms with Crippen LogP contribution in [0.3, 0.4) is 0 Å². The molecule has 5 heterocycles. The molecule has 0 aliphatic heterocycles. The Morgan fingerprint density at radius 3 is 2.74 bits per heavy atom. The highest BCUT2D eigenvalue weighted by Crippen LogP contribution is 2.30. The molecule has 38 heavy (non-hydrogen) atoms. The molecule has 0 fully saturated rings. The van der Waals surface area contributed by atoms with Gasteiger partial charge in [-0.05, 0) is 61.0 Å². The molecule has 0 spiro atoms. The van der Waals surface area contributed by atoms with E-state index in [0.29, 0.717) is 18.8 Å². The maximum Gasteiger partial charge on any atom is 0.183 e. The number of nitrogens with zero attached hydrogens (tertiary/aromatic N) is 7. The summed E-state index contributed by atoms with van der Waals surface area (Å²) in [6, 6.07) is 21.4. The summed E-state index contributed by atoms with van der Waals surface area (Å²) in [5, 5.41) is 4.27. The topological polar surface area (TPSA) is 97.1 Å². The van der Waals surface area contributed by atoms with Crippen molar-refractivity contribution >= 4 is 13.6 Å². The number of rotatable bonds is 8. The Kier molecular flexibility index (Phi) is 6.37. The molecule has 9 nitrogen and oxygen atoms in total. The molecular weight excluding hydrogens is 475 g/mol. The van der Waals surface area contributed by atoms with Crippen molar-refractivity contribution in [1.82, 2.24) is 39.3 Å². The summed E-state index contributed by atoms with van der Waals surface area (Å²) in [5.41, 5.74) is 6.00. The second-order valence-electron chi connectivity index (χ2n) is 8.90. The van der Waals surface area contributed by atoms with Gasteiger partial charge in [-0.25, -0.2) is 14.5 Å². The molecule has 0 atom stereocenters. The standard InChI is InChI=1S/C28H23BN8O/c1-19-5-2-9-24(33-19)28-27(21-10-11-26-31-18-32-37(26)16-21)34-25(35-28)17-36(29)15-20-6-3-7-22(13-20)38-23-8-4-12-30-14-23/h2-14,16,18H,15,17H2,1H3,(H,34,35). The molecule has 10 heteroatoms. The van der Waals surface area contributed by atoms with Crippen molar-refractivity contribution in [2.75, 3.05) is 0 Å². The average Bonchev–Trinajstić information content (AvgIpc) is 3.56. The highest BCUT2D eigenvalue weighted by atomic mass is 16.5. The first-order valence-corrected chi connectivity index (χ1v) is 12.1. The summed E-state index contributed by atoms with van der Waals surface area (Å²) in [5.74, 6) is 2.13. The van der Waals surface area contributed by atoms with Crippen LogP contribution in [-0.2, 0) is 13.1 Å². The van der Waals surface area contributed by atoms with Gasteiger partial charge in [-0.2, -0.15) is 5.10 Å². The third-order valence-corrected chi connectivity index (χ3v) is 5.95. The zero-order valence-electron chi connectivity index (χ0n) is 20.7. The van der Waals surface area contributed by atoms with Gasteiger partial charge < -0.3 is 14.5 Å². The number of aromatic nitrogens is 7. The monoisotopic (exact) mass is 498 g/mol. The summed E-state index contributed by atoms with van der Waals surface area (Å²) in [4.78, 5) is 23.1. The van der Waals surface area contributed by atoms with Gasteiger partial charge in [-0.3, -0.25) is 9.97 Å². The van der Waals surface area contributed by atoms with E-state index < -0.39 is 0 Å². The number of hydrogen-bond donors (Lipinski definition) is 1. The van der Waals surface area contributed by atoms with Crippen molar-refractivity contribution in [3.05, 3.63) is 109 Å². The molecule has 0 aliphatic carbocycles. The first-order chi connectivity index (χ1) is 18.6. The summed E-state index contributed by atoms with van der Waals surface area (Å²) in [7, 11) is 6.45. The molecule has 0 unspecified atom stereocenters. The summed E-state index contributed by atoms with van der Waals surface area (Å²) in [6.45, 7) is 2.87. The molecule has 2 radical (unpaired) electrons. The smallest absolute Gasteiger partial charge is 0.183 e. The van der Waals surface area contributed by atoms with Gasteiger partial charge in [0, 0.05) is 36.7 Å². The summed E-state index contributed by atoms with van der Waals surface area (Å²) in [6.07, 6.45) is 6.83. The Morgan fingerprint density at radius 1 is 0.974 bits per heavy atom. The van der Waals surface area contributed by atoms with Crippen LogP contribution in [0, 0.1) is 6.92 Å². The number of benzene rings is 1. The van der Waals surface area contributed by atoms with E-state index in [9.17, 15) is 0 Å². The molecule has 184 valence electrons. The van der Waals surface area contributed by atoms with Crippen molar-refractivity contribution in [2.45, 2.75) is 20.0 Å². The average molecular weight is 498 g/mol. The third-order valence-electron chi connectivity index (χ3n) is 5.95. The van der Waals surface area contributed by atoms with Crippen LogP contribution >= 0.6 is 0 Å². The lowest BCUT2D eigenvalue weighted by Gasteiger charge is -2.16. The fourth-order valence-corrected chi connectivity index (χ4v) is 4.26. The van der Waals surface area contributed by atoms with Gasteiger partial charge in [-0.1, -0.05) is 18.2 Å². The van der Waals surface area contributed by atoms with E-state index in [2.05, 4.69) is 20.1 Å². The molecule has 0 saturated carbocycles. The Bertz CT molecular complexity index is 1700. The number of fused-ring (bicyclic) bond motifs is 1. The second-order valence-corrected chi connectivity index (χ2v) is 8.90. The van der Waals surface area contributed by atoms with Crippen molar-refractivity contribution in [3.63, 3.8) is 0 Å². The number of aromatic amines is 1. The molecule has 5 aromatic heterocycles. The predicted molar refractivity (Wildman–Crippen MR) is 144 cm³/mol. The lowest BCUT2D eigenvalue weighted by molar-refractivity contribution is 0.429. The molecule has 0 amide bonds. The van der Waals surface area contributed by atoms with Gasteiger partial charge in [0.2, 0.25) is 0 Å². The van der Waals surface area contributed by atoms with Crippen molar-refractivity contribution in [3.8, 4) is 34.1 Å².